The summed E-state index contributed by atoms with van der Waals surface area (Å²) in [5.74, 6) is 0.465. The Balaban J connectivity index is 1.77. The van der Waals surface area contributed by atoms with Crippen LogP contribution in [-0.2, 0) is 11.3 Å². The molecular weight excluding hydrogens is 334 g/mol. The van der Waals surface area contributed by atoms with Gasteiger partial charge in [0.1, 0.15) is 22.2 Å². The molecule has 0 unspecified atom stereocenters. The van der Waals surface area contributed by atoms with E-state index < -0.39 is 0 Å². The van der Waals surface area contributed by atoms with E-state index in [0.29, 0.717) is 23.8 Å². The van der Waals surface area contributed by atoms with Crippen molar-refractivity contribution in [2.75, 3.05) is 6.61 Å². The number of carbonyl (C=O) groups is 1. The van der Waals surface area contributed by atoms with Crippen molar-refractivity contribution < 1.29 is 14.3 Å². The quantitative estimate of drug-likeness (QED) is 0.593. The summed E-state index contributed by atoms with van der Waals surface area (Å²) in [5, 5.41) is 0.753. The molecule has 0 aliphatic carbocycles. The highest BCUT2D eigenvalue weighted by molar-refractivity contribution is 7.13. The van der Waals surface area contributed by atoms with E-state index in [2.05, 4.69) is 17.1 Å². The number of hydrogen-bond donors (Lipinski definition) is 0. The second-order valence-electron chi connectivity index (χ2n) is 5.39. The monoisotopic (exact) mass is 353 g/mol. The number of thiazole rings is 1. The van der Waals surface area contributed by atoms with Gasteiger partial charge in [0.05, 0.1) is 12.3 Å². The van der Waals surface area contributed by atoms with Crippen molar-refractivity contribution in [1.29, 1.82) is 0 Å². The van der Waals surface area contributed by atoms with Gasteiger partial charge < -0.3 is 9.47 Å². The second-order valence-corrected chi connectivity index (χ2v) is 6.48. The molecule has 0 spiro atoms. The molecule has 0 aliphatic rings. The van der Waals surface area contributed by atoms with Crippen molar-refractivity contribution in [3.8, 4) is 16.9 Å². The Kier molecular flexibility index (Phi) is 5.46. The predicted molar refractivity (Wildman–Crippen MR) is 99.0 cm³/mol. The molecule has 0 bridgehead atoms. The van der Waals surface area contributed by atoms with E-state index >= 15 is 0 Å². The minimum atomic E-state index is -0.326. The zero-order valence-corrected chi connectivity index (χ0v) is 15.0. The molecule has 1 aromatic heterocycles. The number of carbonyl (C=O) groups excluding carboxylic acids is 1. The number of aryl methyl sites for hydroxylation is 1. The lowest BCUT2D eigenvalue weighted by Crippen LogP contribution is -2.03. The minimum absolute atomic E-state index is 0.314. The van der Waals surface area contributed by atoms with E-state index in [-0.39, 0.29) is 5.97 Å². The summed E-state index contributed by atoms with van der Waals surface area (Å²) in [6.07, 6.45) is 0. The van der Waals surface area contributed by atoms with Gasteiger partial charge in [-0.2, -0.15) is 0 Å². The third-order valence-corrected chi connectivity index (χ3v) is 4.74. The van der Waals surface area contributed by atoms with Crippen molar-refractivity contribution in [3.63, 3.8) is 0 Å². The number of hydrogen-bond acceptors (Lipinski definition) is 5. The summed E-state index contributed by atoms with van der Waals surface area (Å²) in [6.45, 7) is 4.27. The normalized spacial score (nSPS) is 10.5. The number of nitrogens with zero attached hydrogens (tertiary/aromatic N) is 1. The molecule has 3 aromatic rings. The summed E-state index contributed by atoms with van der Waals surface area (Å²) in [5.41, 5.74) is 2.81. The Morgan fingerprint density at radius 3 is 2.56 bits per heavy atom. The topological polar surface area (TPSA) is 48.4 Å². The number of benzene rings is 2. The van der Waals surface area contributed by atoms with Gasteiger partial charge in [-0.15, -0.1) is 11.3 Å². The molecule has 0 fully saturated rings. The van der Waals surface area contributed by atoms with Crippen molar-refractivity contribution >= 4 is 17.3 Å². The molecule has 25 heavy (non-hydrogen) atoms. The first-order valence-electron chi connectivity index (χ1n) is 8.09. The van der Waals surface area contributed by atoms with Crippen LogP contribution in [0, 0.1) is 6.92 Å². The Labute approximate surface area is 151 Å². The van der Waals surface area contributed by atoms with Gasteiger partial charge in [-0.05, 0) is 25.5 Å². The van der Waals surface area contributed by atoms with Crippen molar-refractivity contribution in [2.45, 2.75) is 20.5 Å². The van der Waals surface area contributed by atoms with Crippen molar-refractivity contribution in [1.82, 2.24) is 4.98 Å². The van der Waals surface area contributed by atoms with Gasteiger partial charge in [0.2, 0.25) is 0 Å². The van der Waals surface area contributed by atoms with Crippen LogP contribution in [0.2, 0.25) is 0 Å². The summed E-state index contributed by atoms with van der Waals surface area (Å²) < 4.78 is 11.0. The van der Waals surface area contributed by atoms with Crippen LogP contribution in [-0.4, -0.2) is 17.6 Å². The minimum Gasteiger partial charge on any atom is -0.486 e. The SMILES string of the molecule is CCOC(=O)c1sc(COc2ccccc2-c2ccccc2)nc1C. The largest absolute Gasteiger partial charge is 0.486 e. The fourth-order valence-electron chi connectivity index (χ4n) is 2.49. The van der Waals surface area contributed by atoms with E-state index in [1.54, 1.807) is 6.92 Å². The lowest BCUT2D eigenvalue weighted by molar-refractivity contribution is 0.0531. The van der Waals surface area contributed by atoms with E-state index in [1.807, 2.05) is 49.4 Å². The highest BCUT2D eigenvalue weighted by atomic mass is 32.1. The first-order chi connectivity index (χ1) is 12.2. The summed E-state index contributed by atoms with van der Waals surface area (Å²) >= 11 is 1.32. The zero-order valence-electron chi connectivity index (χ0n) is 14.2. The molecule has 0 N–H and O–H groups in total. The number of para-hydroxylation sites is 1. The lowest BCUT2D eigenvalue weighted by atomic mass is 10.1. The Hall–Kier alpha value is -2.66. The van der Waals surface area contributed by atoms with Crippen LogP contribution in [0.1, 0.15) is 27.3 Å². The van der Waals surface area contributed by atoms with Gasteiger partial charge in [0.25, 0.3) is 0 Å². The van der Waals surface area contributed by atoms with Gasteiger partial charge in [-0.25, -0.2) is 9.78 Å². The van der Waals surface area contributed by atoms with E-state index in [9.17, 15) is 4.79 Å². The number of ether oxygens (including phenoxy) is 2. The number of rotatable bonds is 6. The highest BCUT2D eigenvalue weighted by Crippen LogP contribution is 2.30. The Morgan fingerprint density at radius 1 is 1.08 bits per heavy atom. The number of aromatic nitrogens is 1. The first-order valence-corrected chi connectivity index (χ1v) is 8.91. The molecule has 1 heterocycles. The van der Waals surface area contributed by atoms with Gasteiger partial charge in [0, 0.05) is 5.56 Å². The maximum Gasteiger partial charge on any atom is 0.350 e. The molecule has 0 atom stereocenters. The third-order valence-electron chi connectivity index (χ3n) is 3.62. The van der Waals surface area contributed by atoms with Gasteiger partial charge >= 0.3 is 5.97 Å². The molecule has 0 saturated carbocycles. The van der Waals surface area contributed by atoms with Crippen LogP contribution < -0.4 is 4.74 Å². The maximum absolute atomic E-state index is 11.9. The fourth-order valence-corrected chi connectivity index (χ4v) is 3.36. The molecule has 0 aliphatic heterocycles. The molecule has 5 heteroatoms. The predicted octanol–water partition coefficient (Wildman–Crippen LogP) is 4.87. The Bertz CT molecular complexity index is 858. The van der Waals surface area contributed by atoms with Gasteiger partial charge in [-0.3, -0.25) is 0 Å². The zero-order chi connectivity index (χ0) is 17.6. The van der Waals surface area contributed by atoms with Crippen LogP contribution in [0.25, 0.3) is 11.1 Å². The standard InChI is InChI=1S/C20H19NO3S/c1-3-23-20(22)19-14(2)21-18(25-19)13-24-17-12-8-7-11-16(17)15-9-5-4-6-10-15/h4-12H,3,13H2,1-2H3. The smallest absolute Gasteiger partial charge is 0.350 e. The van der Waals surface area contributed by atoms with Crippen molar-refractivity contribution in [2.24, 2.45) is 0 Å². The van der Waals surface area contributed by atoms with Crippen LogP contribution in [0.15, 0.2) is 54.6 Å². The maximum atomic E-state index is 11.9. The molecular formula is C20H19NO3S. The van der Waals surface area contributed by atoms with E-state index in [4.69, 9.17) is 9.47 Å². The van der Waals surface area contributed by atoms with Gasteiger partial charge in [0.15, 0.2) is 0 Å². The highest BCUT2D eigenvalue weighted by Gasteiger charge is 2.17. The van der Waals surface area contributed by atoms with Gasteiger partial charge in [-0.1, -0.05) is 48.5 Å². The van der Waals surface area contributed by atoms with Crippen LogP contribution in [0.5, 0.6) is 5.75 Å². The van der Waals surface area contributed by atoms with E-state index in [0.717, 1.165) is 21.9 Å². The second kappa shape index (κ2) is 7.94. The van der Waals surface area contributed by atoms with Crippen LogP contribution in [0.4, 0.5) is 0 Å². The average Bonchev–Trinajstić information content (AvgIpc) is 3.02. The molecule has 128 valence electrons. The molecule has 3 rings (SSSR count). The molecule has 4 nitrogen and oxygen atoms in total. The summed E-state index contributed by atoms with van der Waals surface area (Å²) in [6, 6.07) is 18.0. The van der Waals surface area contributed by atoms with Crippen LogP contribution in [0.3, 0.4) is 0 Å². The Morgan fingerprint density at radius 2 is 1.80 bits per heavy atom. The van der Waals surface area contributed by atoms with Crippen molar-refractivity contribution in [3.05, 3.63) is 70.2 Å². The molecule has 0 saturated heterocycles. The summed E-state index contributed by atoms with van der Waals surface area (Å²) in [4.78, 5) is 16.9. The summed E-state index contributed by atoms with van der Waals surface area (Å²) in [7, 11) is 0. The molecule has 0 amide bonds. The first kappa shape index (κ1) is 17.2. The molecule has 0 radical (unpaired) electrons. The van der Waals surface area contributed by atoms with Crippen LogP contribution >= 0.6 is 11.3 Å². The molecule has 2 aromatic carbocycles. The average molecular weight is 353 g/mol. The fraction of sp³-hybridized carbons (Fsp3) is 0.200. The number of esters is 1. The third kappa shape index (κ3) is 4.06. The van der Waals surface area contributed by atoms with E-state index in [1.165, 1.54) is 11.3 Å². The lowest BCUT2D eigenvalue weighted by Gasteiger charge is -2.10.